The van der Waals surface area contributed by atoms with Crippen LogP contribution in [0.25, 0.3) is 10.9 Å². The zero-order valence-corrected chi connectivity index (χ0v) is 14.4. The van der Waals surface area contributed by atoms with Crippen LogP contribution in [0.3, 0.4) is 0 Å². The number of aryl methyl sites for hydroxylation is 1. The summed E-state index contributed by atoms with van der Waals surface area (Å²) >= 11 is 0. The van der Waals surface area contributed by atoms with E-state index in [1.165, 1.54) is 37.7 Å². The van der Waals surface area contributed by atoms with Crippen molar-refractivity contribution in [1.29, 1.82) is 0 Å². The van der Waals surface area contributed by atoms with Crippen LogP contribution < -0.4 is 14.4 Å². The molecule has 0 bridgehead atoms. The van der Waals surface area contributed by atoms with E-state index in [1.54, 1.807) is 14.2 Å². The van der Waals surface area contributed by atoms with Gasteiger partial charge in [0.1, 0.15) is 22.8 Å². The van der Waals surface area contributed by atoms with Gasteiger partial charge in [-0.05, 0) is 43.5 Å². The number of aromatic nitrogens is 1. The van der Waals surface area contributed by atoms with Gasteiger partial charge in [-0.25, -0.2) is 4.98 Å². The Hall–Kier alpha value is -1.97. The molecule has 0 amide bonds. The van der Waals surface area contributed by atoms with Crippen LogP contribution in [0.5, 0.6) is 11.5 Å². The summed E-state index contributed by atoms with van der Waals surface area (Å²) in [5.41, 5.74) is 2.08. The first-order valence-corrected chi connectivity index (χ1v) is 8.52. The molecule has 1 aliphatic rings. The molecule has 4 heteroatoms. The number of methoxy groups -OCH3 is 2. The van der Waals surface area contributed by atoms with Crippen molar-refractivity contribution in [2.75, 3.05) is 32.2 Å². The van der Waals surface area contributed by atoms with Crippen molar-refractivity contribution in [2.24, 2.45) is 0 Å². The highest BCUT2D eigenvalue weighted by atomic mass is 16.5. The minimum atomic E-state index is 0.804. The molecule has 0 saturated carbocycles. The average molecular weight is 314 g/mol. The van der Waals surface area contributed by atoms with Crippen LogP contribution in [-0.2, 0) is 0 Å². The molecular weight excluding hydrogens is 288 g/mol. The number of fused-ring (bicyclic) bond motifs is 1. The van der Waals surface area contributed by atoms with Gasteiger partial charge in [0, 0.05) is 18.5 Å². The van der Waals surface area contributed by atoms with Gasteiger partial charge in [-0.2, -0.15) is 0 Å². The van der Waals surface area contributed by atoms with Gasteiger partial charge in [0.05, 0.1) is 14.2 Å². The van der Waals surface area contributed by atoms with Crippen LogP contribution in [0.2, 0.25) is 0 Å². The first-order valence-electron chi connectivity index (χ1n) is 8.52. The number of benzene rings is 1. The summed E-state index contributed by atoms with van der Waals surface area (Å²) in [6, 6.07) is 6.07. The molecule has 0 spiro atoms. The molecule has 1 aromatic heterocycles. The van der Waals surface area contributed by atoms with Crippen LogP contribution in [0.1, 0.15) is 37.7 Å². The van der Waals surface area contributed by atoms with Crippen molar-refractivity contribution in [3.05, 3.63) is 23.8 Å². The third-order valence-electron chi connectivity index (χ3n) is 4.69. The summed E-state index contributed by atoms with van der Waals surface area (Å²) in [7, 11) is 3.40. The topological polar surface area (TPSA) is 34.6 Å². The molecule has 0 N–H and O–H groups in total. The Morgan fingerprint density at radius 1 is 0.913 bits per heavy atom. The van der Waals surface area contributed by atoms with Crippen molar-refractivity contribution >= 4 is 16.7 Å². The van der Waals surface area contributed by atoms with Gasteiger partial charge in [0.15, 0.2) is 0 Å². The summed E-state index contributed by atoms with van der Waals surface area (Å²) < 4.78 is 11.1. The maximum atomic E-state index is 5.53. The van der Waals surface area contributed by atoms with Gasteiger partial charge in [-0.3, -0.25) is 0 Å². The van der Waals surface area contributed by atoms with E-state index in [9.17, 15) is 0 Å². The Morgan fingerprint density at radius 2 is 1.52 bits per heavy atom. The van der Waals surface area contributed by atoms with E-state index >= 15 is 0 Å². The van der Waals surface area contributed by atoms with Crippen molar-refractivity contribution in [1.82, 2.24) is 4.98 Å². The smallest absolute Gasteiger partial charge is 0.145 e. The van der Waals surface area contributed by atoms with Crippen LogP contribution >= 0.6 is 0 Å². The zero-order valence-electron chi connectivity index (χ0n) is 14.4. The Kier molecular flexibility index (Phi) is 4.89. The highest BCUT2D eigenvalue weighted by Crippen LogP contribution is 2.36. The molecule has 0 atom stereocenters. The van der Waals surface area contributed by atoms with Crippen molar-refractivity contribution in [3.63, 3.8) is 0 Å². The number of ether oxygens (including phenoxy) is 2. The van der Waals surface area contributed by atoms with Crippen molar-refractivity contribution < 1.29 is 9.47 Å². The van der Waals surface area contributed by atoms with Gasteiger partial charge in [-0.15, -0.1) is 0 Å². The molecule has 3 rings (SSSR count). The number of nitrogens with zero attached hydrogens (tertiary/aromatic N) is 2. The van der Waals surface area contributed by atoms with E-state index in [-0.39, 0.29) is 0 Å². The summed E-state index contributed by atoms with van der Waals surface area (Å²) in [5, 5.41) is 1.04. The fraction of sp³-hybridized carbons (Fsp3) is 0.526. The third kappa shape index (κ3) is 3.21. The monoisotopic (exact) mass is 314 g/mol. The fourth-order valence-electron chi connectivity index (χ4n) is 3.43. The van der Waals surface area contributed by atoms with Gasteiger partial charge >= 0.3 is 0 Å². The van der Waals surface area contributed by atoms with Crippen LogP contribution in [-0.4, -0.2) is 32.3 Å². The first-order chi connectivity index (χ1) is 11.2. The average Bonchev–Trinajstić information content (AvgIpc) is 2.53. The van der Waals surface area contributed by atoms with Crippen LogP contribution in [0.15, 0.2) is 18.2 Å². The minimum Gasteiger partial charge on any atom is -0.496 e. The van der Waals surface area contributed by atoms with E-state index in [4.69, 9.17) is 14.5 Å². The molecule has 0 aliphatic carbocycles. The standard InChI is InChI=1S/C19H26N2O2/c1-14-13-17(21-11-7-5-4-6-8-12-21)20-19-16(23-3)10-9-15(22-2)18(14)19/h9-10,13H,4-8,11-12H2,1-3H3. The zero-order chi connectivity index (χ0) is 16.2. The molecule has 124 valence electrons. The SMILES string of the molecule is COc1ccc(OC)c2c(C)cc(N3CCCCCCC3)nc12. The number of anilines is 1. The van der Waals surface area contributed by atoms with Crippen molar-refractivity contribution in [3.8, 4) is 11.5 Å². The quantitative estimate of drug-likeness (QED) is 0.844. The number of pyridine rings is 1. The minimum absolute atomic E-state index is 0.804. The Bertz CT molecular complexity index is 677. The predicted octanol–water partition coefficient (Wildman–Crippen LogP) is 4.33. The lowest BCUT2D eigenvalue weighted by molar-refractivity contribution is 0.409. The van der Waals surface area contributed by atoms with Gasteiger partial charge < -0.3 is 14.4 Å². The maximum Gasteiger partial charge on any atom is 0.145 e. The fourth-order valence-corrected chi connectivity index (χ4v) is 3.43. The summed E-state index contributed by atoms with van der Waals surface area (Å²) in [6.07, 6.45) is 6.49. The molecule has 1 aliphatic heterocycles. The van der Waals surface area contributed by atoms with Crippen LogP contribution in [0, 0.1) is 6.92 Å². The lowest BCUT2D eigenvalue weighted by atomic mass is 10.1. The molecular formula is C19H26N2O2. The summed E-state index contributed by atoms with van der Waals surface area (Å²) in [4.78, 5) is 7.35. The van der Waals surface area contributed by atoms with E-state index < -0.39 is 0 Å². The predicted molar refractivity (Wildman–Crippen MR) is 94.9 cm³/mol. The normalized spacial score (nSPS) is 16.0. The molecule has 4 nitrogen and oxygen atoms in total. The Morgan fingerprint density at radius 3 is 2.17 bits per heavy atom. The Labute approximate surface area is 138 Å². The first kappa shape index (κ1) is 15.9. The van der Waals surface area contributed by atoms with Crippen molar-refractivity contribution in [2.45, 2.75) is 39.0 Å². The molecule has 1 aromatic carbocycles. The van der Waals surface area contributed by atoms with E-state index in [2.05, 4.69) is 17.9 Å². The van der Waals surface area contributed by atoms with E-state index in [0.29, 0.717) is 0 Å². The second-order valence-electron chi connectivity index (χ2n) is 6.25. The summed E-state index contributed by atoms with van der Waals surface area (Å²) in [6.45, 7) is 4.30. The molecule has 2 heterocycles. The van der Waals surface area contributed by atoms with E-state index in [1.807, 2.05) is 12.1 Å². The number of rotatable bonds is 3. The molecule has 2 aromatic rings. The van der Waals surface area contributed by atoms with Gasteiger partial charge in [-0.1, -0.05) is 19.3 Å². The largest absolute Gasteiger partial charge is 0.496 e. The Balaban J connectivity index is 2.08. The second kappa shape index (κ2) is 7.07. The maximum absolute atomic E-state index is 5.53. The number of hydrogen-bond acceptors (Lipinski definition) is 4. The lowest BCUT2D eigenvalue weighted by Crippen LogP contribution is -2.28. The lowest BCUT2D eigenvalue weighted by Gasteiger charge is -2.27. The second-order valence-corrected chi connectivity index (χ2v) is 6.25. The van der Waals surface area contributed by atoms with Gasteiger partial charge in [0.2, 0.25) is 0 Å². The molecule has 0 unspecified atom stereocenters. The highest BCUT2D eigenvalue weighted by Gasteiger charge is 2.16. The summed E-state index contributed by atoms with van der Waals surface area (Å²) in [5.74, 6) is 2.71. The molecule has 1 saturated heterocycles. The molecule has 0 radical (unpaired) electrons. The molecule has 1 fully saturated rings. The van der Waals surface area contributed by atoms with Crippen LogP contribution in [0.4, 0.5) is 5.82 Å². The molecule has 23 heavy (non-hydrogen) atoms. The number of hydrogen-bond donors (Lipinski definition) is 0. The van der Waals surface area contributed by atoms with E-state index in [0.717, 1.165) is 41.3 Å². The highest BCUT2D eigenvalue weighted by molar-refractivity contribution is 5.94. The van der Waals surface area contributed by atoms with Gasteiger partial charge in [0.25, 0.3) is 0 Å². The third-order valence-corrected chi connectivity index (χ3v) is 4.69.